The molecule has 0 aromatic carbocycles. The van der Waals surface area contributed by atoms with Crippen molar-refractivity contribution in [1.82, 2.24) is 4.90 Å². The predicted octanol–water partition coefficient (Wildman–Crippen LogP) is 2.89. The van der Waals surface area contributed by atoms with Crippen molar-refractivity contribution in [2.75, 3.05) is 6.54 Å². The number of hydrogen-bond donors (Lipinski definition) is 1. The third-order valence-corrected chi connectivity index (χ3v) is 3.33. The van der Waals surface area contributed by atoms with Gasteiger partial charge >= 0.3 is 12.1 Å². The Kier molecular flexibility index (Phi) is 5.20. The van der Waals surface area contributed by atoms with Crippen LogP contribution < -0.4 is 0 Å². The van der Waals surface area contributed by atoms with Gasteiger partial charge in [0.1, 0.15) is 5.60 Å². The first-order valence-electron chi connectivity index (χ1n) is 6.90. The Morgan fingerprint density at radius 3 is 2.42 bits per heavy atom. The van der Waals surface area contributed by atoms with Crippen LogP contribution in [0.1, 0.15) is 53.4 Å². The molecule has 0 bridgehead atoms. The molecule has 1 heterocycles. The monoisotopic (exact) mass is 271 g/mol. The lowest BCUT2D eigenvalue weighted by Gasteiger charge is -2.31. The molecule has 5 heteroatoms. The van der Waals surface area contributed by atoms with Gasteiger partial charge in [0.25, 0.3) is 0 Å². The second-order valence-electron chi connectivity index (χ2n) is 6.40. The number of likely N-dealkylation sites (tertiary alicyclic amines) is 1. The number of carbonyl (C=O) groups is 2. The molecule has 1 aliphatic rings. The number of amides is 1. The van der Waals surface area contributed by atoms with Gasteiger partial charge in [-0.3, -0.25) is 4.79 Å². The minimum Gasteiger partial charge on any atom is -0.481 e. The van der Waals surface area contributed by atoms with Crippen molar-refractivity contribution in [2.24, 2.45) is 5.92 Å². The van der Waals surface area contributed by atoms with E-state index in [1.807, 2.05) is 20.8 Å². The molecule has 0 spiro atoms. The molecule has 1 N–H and O–H groups in total. The Morgan fingerprint density at radius 1 is 1.26 bits per heavy atom. The Morgan fingerprint density at radius 2 is 1.89 bits per heavy atom. The molecule has 0 radical (unpaired) electrons. The number of aliphatic carboxylic acids is 1. The van der Waals surface area contributed by atoms with E-state index >= 15 is 0 Å². The van der Waals surface area contributed by atoms with Gasteiger partial charge in [0.05, 0.1) is 6.42 Å². The third kappa shape index (κ3) is 5.49. The van der Waals surface area contributed by atoms with Gasteiger partial charge in [-0.05, 0) is 46.0 Å². The first kappa shape index (κ1) is 15.8. The molecule has 1 aliphatic heterocycles. The summed E-state index contributed by atoms with van der Waals surface area (Å²) in [6.07, 6.45) is 2.18. The van der Waals surface area contributed by atoms with Crippen LogP contribution in [0.25, 0.3) is 0 Å². The van der Waals surface area contributed by atoms with E-state index in [0.29, 0.717) is 12.5 Å². The normalized spacial score (nSPS) is 24.7. The molecular weight excluding hydrogens is 246 g/mol. The van der Waals surface area contributed by atoms with Crippen LogP contribution >= 0.6 is 0 Å². The van der Waals surface area contributed by atoms with Crippen LogP contribution in [-0.2, 0) is 9.53 Å². The van der Waals surface area contributed by atoms with Crippen LogP contribution in [0, 0.1) is 5.92 Å². The van der Waals surface area contributed by atoms with Crippen LogP contribution in [0.5, 0.6) is 0 Å². The molecule has 1 rings (SSSR count). The van der Waals surface area contributed by atoms with Gasteiger partial charge in [-0.25, -0.2) is 4.79 Å². The highest BCUT2D eigenvalue weighted by Crippen LogP contribution is 2.25. The summed E-state index contributed by atoms with van der Waals surface area (Å²) in [4.78, 5) is 24.7. The van der Waals surface area contributed by atoms with E-state index in [1.54, 1.807) is 4.90 Å². The maximum atomic E-state index is 12.2. The summed E-state index contributed by atoms with van der Waals surface area (Å²) in [7, 11) is 0. The number of carbonyl (C=O) groups excluding carboxylic acids is 1. The third-order valence-electron chi connectivity index (χ3n) is 3.33. The van der Waals surface area contributed by atoms with Gasteiger partial charge in [0, 0.05) is 12.6 Å². The molecular formula is C14H25NO4. The smallest absolute Gasteiger partial charge is 0.410 e. The van der Waals surface area contributed by atoms with Crippen molar-refractivity contribution in [3.63, 3.8) is 0 Å². The lowest BCUT2D eigenvalue weighted by Crippen LogP contribution is -2.44. The molecule has 110 valence electrons. The number of rotatable bonds is 2. The molecule has 19 heavy (non-hydrogen) atoms. The zero-order valence-corrected chi connectivity index (χ0v) is 12.3. The number of nitrogens with zero attached hydrogens (tertiary/aromatic N) is 1. The quantitative estimate of drug-likeness (QED) is 0.838. The topological polar surface area (TPSA) is 66.8 Å². The molecule has 1 saturated heterocycles. The van der Waals surface area contributed by atoms with Crippen LogP contribution in [0.4, 0.5) is 4.79 Å². The summed E-state index contributed by atoms with van der Waals surface area (Å²) in [5.74, 6) is -0.350. The summed E-state index contributed by atoms with van der Waals surface area (Å²) in [6.45, 7) is 8.16. The first-order chi connectivity index (χ1) is 8.69. The molecule has 2 atom stereocenters. The Labute approximate surface area is 114 Å². The zero-order valence-electron chi connectivity index (χ0n) is 12.3. The molecule has 5 nitrogen and oxygen atoms in total. The zero-order chi connectivity index (χ0) is 14.6. The fraction of sp³-hybridized carbons (Fsp3) is 0.857. The Bertz CT molecular complexity index is 335. The second kappa shape index (κ2) is 6.26. The highest BCUT2D eigenvalue weighted by atomic mass is 16.6. The van der Waals surface area contributed by atoms with Gasteiger partial charge < -0.3 is 14.7 Å². The van der Waals surface area contributed by atoms with Crippen molar-refractivity contribution in [3.8, 4) is 0 Å². The molecule has 1 fully saturated rings. The van der Waals surface area contributed by atoms with E-state index < -0.39 is 17.7 Å². The van der Waals surface area contributed by atoms with Crippen molar-refractivity contribution in [1.29, 1.82) is 0 Å². The predicted molar refractivity (Wildman–Crippen MR) is 72.0 cm³/mol. The fourth-order valence-electron chi connectivity index (χ4n) is 2.29. The van der Waals surface area contributed by atoms with Gasteiger partial charge in [-0.15, -0.1) is 0 Å². The number of ether oxygens (including phenoxy) is 1. The van der Waals surface area contributed by atoms with Crippen molar-refractivity contribution in [2.45, 2.75) is 65.0 Å². The van der Waals surface area contributed by atoms with E-state index in [9.17, 15) is 9.59 Å². The number of hydrogen-bond acceptors (Lipinski definition) is 3. The Hall–Kier alpha value is -1.26. The van der Waals surface area contributed by atoms with Crippen molar-refractivity contribution < 1.29 is 19.4 Å². The lowest BCUT2D eigenvalue weighted by molar-refractivity contribution is -0.138. The van der Waals surface area contributed by atoms with Crippen LogP contribution in [0.3, 0.4) is 0 Å². The van der Waals surface area contributed by atoms with E-state index in [4.69, 9.17) is 9.84 Å². The molecule has 0 aliphatic carbocycles. The lowest BCUT2D eigenvalue weighted by atomic mass is 10.0. The van der Waals surface area contributed by atoms with Crippen molar-refractivity contribution >= 4 is 12.1 Å². The molecule has 0 aromatic heterocycles. The van der Waals surface area contributed by atoms with E-state index in [2.05, 4.69) is 6.92 Å². The second-order valence-corrected chi connectivity index (χ2v) is 6.40. The van der Waals surface area contributed by atoms with Crippen LogP contribution in [0.2, 0.25) is 0 Å². The molecule has 0 saturated carbocycles. The average Bonchev–Trinajstić information content (AvgIpc) is 2.38. The summed E-state index contributed by atoms with van der Waals surface area (Å²) in [6, 6.07) is -0.253. The maximum Gasteiger partial charge on any atom is 0.410 e. The van der Waals surface area contributed by atoms with Gasteiger partial charge in [0.2, 0.25) is 0 Å². The maximum absolute atomic E-state index is 12.2. The minimum absolute atomic E-state index is 0.00797. The largest absolute Gasteiger partial charge is 0.481 e. The van der Waals surface area contributed by atoms with E-state index in [1.165, 1.54) is 0 Å². The van der Waals surface area contributed by atoms with Crippen molar-refractivity contribution in [3.05, 3.63) is 0 Å². The fourth-order valence-corrected chi connectivity index (χ4v) is 2.29. The highest BCUT2D eigenvalue weighted by Gasteiger charge is 2.31. The highest BCUT2D eigenvalue weighted by molar-refractivity contribution is 5.71. The Balaban J connectivity index is 2.77. The van der Waals surface area contributed by atoms with Crippen LogP contribution in [0.15, 0.2) is 0 Å². The number of carboxylic acid groups (broad SMARTS) is 1. The van der Waals surface area contributed by atoms with E-state index in [-0.39, 0.29) is 12.5 Å². The summed E-state index contributed by atoms with van der Waals surface area (Å²) < 4.78 is 5.37. The first-order valence-corrected chi connectivity index (χ1v) is 6.90. The standard InChI is InChI=1S/C14H25NO4/c1-10-5-6-11(9-12(16)17)15(8-7-10)13(18)19-14(2,3)4/h10-11H,5-9H2,1-4H3,(H,16,17). The van der Waals surface area contributed by atoms with E-state index in [0.717, 1.165) is 19.3 Å². The SMILES string of the molecule is CC1CCC(CC(=O)O)N(C(=O)OC(C)(C)C)CC1. The minimum atomic E-state index is -0.867. The molecule has 1 amide bonds. The molecule has 2 unspecified atom stereocenters. The van der Waals surface area contributed by atoms with Gasteiger partial charge in [-0.2, -0.15) is 0 Å². The summed E-state index contributed by atoms with van der Waals surface area (Å²) in [5.41, 5.74) is -0.553. The summed E-state index contributed by atoms with van der Waals surface area (Å²) >= 11 is 0. The van der Waals surface area contributed by atoms with Gasteiger partial charge in [-0.1, -0.05) is 6.92 Å². The average molecular weight is 271 g/mol. The molecule has 0 aromatic rings. The van der Waals surface area contributed by atoms with Gasteiger partial charge in [0.15, 0.2) is 0 Å². The number of carboxylic acids is 1. The van der Waals surface area contributed by atoms with Crippen LogP contribution in [-0.4, -0.2) is 40.3 Å². The summed E-state index contributed by atoms with van der Waals surface area (Å²) in [5, 5.41) is 8.98.